The number of hydrogen-bond donors (Lipinski definition) is 0. The van der Waals surface area contributed by atoms with Gasteiger partial charge in [0.2, 0.25) is 5.91 Å². The van der Waals surface area contributed by atoms with Crippen LogP contribution < -0.4 is 4.90 Å². The number of hydrogen-bond acceptors (Lipinski definition) is 6. The quantitative estimate of drug-likeness (QED) is 0.817. The molecule has 0 aliphatic carbocycles. The van der Waals surface area contributed by atoms with Gasteiger partial charge in [-0.3, -0.25) is 14.6 Å². The molecule has 0 bridgehead atoms. The molecule has 0 aromatic carbocycles. The molecule has 3 heterocycles. The summed E-state index contributed by atoms with van der Waals surface area (Å²) in [6.45, 7) is 4.39. The number of likely N-dealkylation sites (tertiary alicyclic amines) is 1. The van der Waals surface area contributed by atoms with Crippen molar-refractivity contribution in [2.45, 2.75) is 32.7 Å². The number of carbonyl (C=O) groups is 1. The van der Waals surface area contributed by atoms with E-state index in [-0.39, 0.29) is 5.91 Å². The van der Waals surface area contributed by atoms with Crippen LogP contribution in [0.25, 0.3) is 0 Å². The van der Waals surface area contributed by atoms with E-state index in [4.69, 9.17) is 0 Å². The third kappa shape index (κ3) is 4.79. The Bertz CT molecular complexity index is 720. The van der Waals surface area contributed by atoms with Gasteiger partial charge >= 0.3 is 0 Å². The SMILES string of the molecule is CC(=O)N(C)c1ncc(CN2CCC[C@H](Cc3ncc(F)cn3)C2)s1. The fraction of sp³-hybridized carbons (Fsp3) is 0.529. The van der Waals surface area contributed by atoms with Gasteiger partial charge in [-0.15, -0.1) is 11.3 Å². The Kier molecular flexibility index (Phi) is 5.70. The van der Waals surface area contributed by atoms with Crippen molar-refractivity contribution < 1.29 is 9.18 Å². The monoisotopic (exact) mass is 363 g/mol. The number of nitrogens with zero attached hydrogens (tertiary/aromatic N) is 5. The van der Waals surface area contributed by atoms with Crippen molar-refractivity contribution in [1.29, 1.82) is 0 Å². The first kappa shape index (κ1) is 17.9. The molecule has 0 unspecified atom stereocenters. The van der Waals surface area contributed by atoms with Crippen LogP contribution in [0.15, 0.2) is 18.6 Å². The number of anilines is 1. The molecule has 6 nitrogen and oxygen atoms in total. The molecular formula is C17H22FN5OS. The summed E-state index contributed by atoms with van der Waals surface area (Å²) in [5.74, 6) is 0.770. The predicted octanol–water partition coefficient (Wildman–Crippen LogP) is 2.51. The van der Waals surface area contributed by atoms with Crippen molar-refractivity contribution in [2.24, 2.45) is 5.92 Å². The lowest BCUT2D eigenvalue weighted by atomic mass is 9.94. The number of rotatable bonds is 5. The number of piperidine rings is 1. The van der Waals surface area contributed by atoms with Crippen molar-refractivity contribution in [1.82, 2.24) is 19.9 Å². The molecule has 1 atom stereocenters. The molecule has 2 aromatic heterocycles. The van der Waals surface area contributed by atoms with Gasteiger partial charge in [0.15, 0.2) is 10.9 Å². The van der Waals surface area contributed by atoms with E-state index in [2.05, 4.69) is 19.9 Å². The molecule has 1 fully saturated rings. The van der Waals surface area contributed by atoms with Gasteiger partial charge in [-0.2, -0.15) is 0 Å². The standard InChI is InChI=1S/C17H22FN5OS/c1-12(24)22(2)17-21-9-15(25-17)11-23-5-3-4-13(10-23)6-16-19-7-14(18)8-20-16/h7-9,13H,3-6,10-11H2,1-2H3/t13-/m1/s1. The first-order chi connectivity index (χ1) is 12.0. The van der Waals surface area contributed by atoms with Crippen LogP contribution in [0.5, 0.6) is 0 Å². The lowest BCUT2D eigenvalue weighted by molar-refractivity contribution is -0.116. The number of thiazole rings is 1. The molecule has 1 saturated heterocycles. The average molecular weight is 363 g/mol. The van der Waals surface area contributed by atoms with Gasteiger partial charge in [0.05, 0.1) is 12.4 Å². The van der Waals surface area contributed by atoms with E-state index in [1.807, 2.05) is 6.20 Å². The highest BCUT2D eigenvalue weighted by Crippen LogP contribution is 2.26. The van der Waals surface area contributed by atoms with E-state index in [9.17, 15) is 9.18 Å². The van der Waals surface area contributed by atoms with Crippen molar-refractivity contribution >= 4 is 22.4 Å². The highest BCUT2D eigenvalue weighted by Gasteiger charge is 2.22. The fourth-order valence-corrected chi connectivity index (χ4v) is 4.00. The van der Waals surface area contributed by atoms with Crippen LogP contribution >= 0.6 is 11.3 Å². The minimum Gasteiger partial charge on any atom is -0.298 e. The van der Waals surface area contributed by atoms with Gasteiger partial charge < -0.3 is 0 Å². The Morgan fingerprint density at radius 3 is 2.84 bits per heavy atom. The minimum absolute atomic E-state index is 0.0155. The third-order valence-electron chi connectivity index (χ3n) is 4.43. The molecule has 25 heavy (non-hydrogen) atoms. The Labute approximate surface area is 150 Å². The molecule has 1 amide bonds. The zero-order valence-electron chi connectivity index (χ0n) is 14.5. The fourth-order valence-electron chi connectivity index (χ4n) is 3.04. The highest BCUT2D eigenvalue weighted by molar-refractivity contribution is 7.15. The third-order valence-corrected chi connectivity index (χ3v) is 5.49. The molecule has 0 saturated carbocycles. The second-order valence-electron chi connectivity index (χ2n) is 6.45. The van der Waals surface area contributed by atoms with Crippen molar-refractivity contribution in [3.05, 3.63) is 35.1 Å². The summed E-state index contributed by atoms with van der Waals surface area (Å²) in [7, 11) is 1.74. The first-order valence-corrected chi connectivity index (χ1v) is 9.20. The molecule has 0 N–H and O–H groups in total. The molecule has 0 radical (unpaired) electrons. The second kappa shape index (κ2) is 7.97. The first-order valence-electron chi connectivity index (χ1n) is 8.39. The zero-order chi connectivity index (χ0) is 17.8. The smallest absolute Gasteiger partial charge is 0.225 e. The van der Waals surface area contributed by atoms with E-state index in [0.29, 0.717) is 11.7 Å². The lowest BCUT2D eigenvalue weighted by Crippen LogP contribution is -2.35. The maximum absolute atomic E-state index is 12.9. The van der Waals surface area contributed by atoms with Gasteiger partial charge in [-0.05, 0) is 25.3 Å². The molecule has 3 rings (SSSR count). The lowest BCUT2D eigenvalue weighted by Gasteiger charge is -2.32. The number of amides is 1. The Morgan fingerprint density at radius 2 is 2.12 bits per heavy atom. The van der Waals surface area contributed by atoms with Crippen LogP contribution in [0.4, 0.5) is 9.52 Å². The van der Waals surface area contributed by atoms with Crippen LogP contribution in [0, 0.1) is 11.7 Å². The highest BCUT2D eigenvalue weighted by atomic mass is 32.1. The summed E-state index contributed by atoms with van der Waals surface area (Å²) >= 11 is 1.56. The summed E-state index contributed by atoms with van der Waals surface area (Å²) < 4.78 is 12.9. The van der Waals surface area contributed by atoms with Gasteiger partial charge in [-0.25, -0.2) is 19.3 Å². The Morgan fingerprint density at radius 1 is 1.36 bits per heavy atom. The van der Waals surface area contributed by atoms with E-state index < -0.39 is 5.82 Å². The maximum Gasteiger partial charge on any atom is 0.225 e. The van der Waals surface area contributed by atoms with Gasteiger partial charge in [0, 0.05) is 44.6 Å². The molecule has 1 aliphatic heterocycles. The van der Waals surface area contributed by atoms with Crippen molar-refractivity contribution in [3.8, 4) is 0 Å². The topological polar surface area (TPSA) is 62.2 Å². The van der Waals surface area contributed by atoms with Crippen LogP contribution in [0.1, 0.15) is 30.5 Å². The number of aromatic nitrogens is 3. The van der Waals surface area contributed by atoms with Crippen LogP contribution in [-0.4, -0.2) is 45.9 Å². The van der Waals surface area contributed by atoms with Gasteiger partial charge in [0.1, 0.15) is 5.82 Å². The summed E-state index contributed by atoms with van der Waals surface area (Å²) in [4.78, 5) is 29.0. The summed E-state index contributed by atoms with van der Waals surface area (Å²) in [5.41, 5.74) is 0. The molecule has 134 valence electrons. The van der Waals surface area contributed by atoms with Crippen molar-refractivity contribution in [2.75, 3.05) is 25.0 Å². The van der Waals surface area contributed by atoms with E-state index >= 15 is 0 Å². The molecule has 1 aliphatic rings. The minimum atomic E-state index is -0.398. The predicted molar refractivity (Wildman–Crippen MR) is 94.9 cm³/mol. The van der Waals surface area contributed by atoms with Gasteiger partial charge in [0.25, 0.3) is 0 Å². The average Bonchev–Trinajstić information content (AvgIpc) is 3.05. The zero-order valence-corrected chi connectivity index (χ0v) is 15.3. The summed E-state index contributed by atoms with van der Waals surface area (Å²) in [6, 6.07) is 0. The van der Waals surface area contributed by atoms with E-state index in [1.165, 1.54) is 19.3 Å². The molecule has 8 heteroatoms. The number of halogens is 1. The van der Waals surface area contributed by atoms with Crippen LogP contribution in [0.3, 0.4) is 0 Å². The molecule has 0 spiro atoms. The van der Waals surface area contributed by atoms with Crippen molar-refractivity contribution in [3.63, 3.8) is 0 Å². The van der Waals surface area contributed by atoms with Crippen LogP contribution in [0.2, 0.25) is 0 Å². The van der Waals surface area contributed by atoms with E-state index in [1.54, 1.807) is 23.3 Å². The molecular weight excluding hydrogens is 341 g/mol. The Hall–Kier alpha value is -1.93. The second-order valence-corrected chi connectivity index (χ2v) is 7.55. The normalized spacial score (nSPS) is 18.3. The Balaban J connectivity index is 1.56. The number of carbonyl (C=O) groups excluding carboxylic acids is 1. The summed E-state index contributed by atoms with van der Waals surface area (Å²) in [6.07, 6.45) is 7.35. The largest absolute Gasteiger partial charge is 0.298 e. The maximum atomic E-state index is 12.9. The van der Waals surface area contributed by atoms with Crippen LogP contribution in [-0.2, 0) is 17.8 Å². The molecule has 2 aromatic rings. The summed E-state index contributed by atoms with van der Waals surface area (Å²) in [5, 5.41) is 0.732. The van der Waals surface area contributed by atoms with Gasteiger partial charge in [-0.1, -0.05) is 0 Å². The van der Waals surface area contributed by atoms with E-state index in [0.717, 1.165) is 48.9 Å².